The van der Waals surface area contributed by atoms with E-state index in [4.69, 9.17) is 9.72 Å². The topological polar surface area (TPSA) is 101 Å². The molecular formula is C32H34N4O4S. The second-order valence-corrected chi connectivity index (χ2v) is 11.9. The van der Waals surface area contributed by atoms with Crippen molar-refractivity contribution in [3.63, 3.8) is 0 Å². The molecule has 1 aromatic heterocycles. The Morgan fingerprint density at radius 3 is 2.22 bits per heavy atom. The number of amides is 1. The molecule has 5 rings (SSSR count). The molecule has 0 saturated carbocycles. The number of aryl methyl sites for hydroxylation is 1. The summed E-state index contributed by atoms with van der Waals surface area (Å²) in [6, 6.07) is 25.6. The number of hydrogen-bond acceptors (Lipinski definition) is 7. The number of benzene rings is 3. The quantitative estimate of drug-likeness (QED) is 0.257. The van der Waals surface area contributed by atoms with Gasteiger partial charge in [-0.1, -0.05) is 61.9 Å². The van der Waals surface area contributed by atoms with Gasteiger partial charge in [-0.3, -0.25) is 4.79 Å². The Bertz CT molecular complexity index is 1550. The van der Waals surface area contributed by atoms with Gasteiger partial charge >= 0.3 is 0 Å². The van der Waals surface area contributed by atoms with Crippen LogP contribution in [-0.2, 0) is 22.9 Å². The highest BCUT2D eigenvalue weighted by Gasteiger charge is 2.25. The lowest BCUT2D eigenvalue weighted by atomic mass is 9.90. The highest BCUT2D eigenvalue weighted by molar-refractivity contribution is 7.90. The van der Waals surface area contributed by atoms with Crippen LogP contribution in [0.3, 0.4) is 0 Å². The lowest BCUT2D eigenvalue weighted by Gasteiger charge is -2.32. The third kappa shape index (κ3) is 7.29. The Hall–Kier alpha value is -4.24. The average Bonchev–Trinajstić information content (AvgIpc) is 2.99. The number of anilines is 1. The normalized spacial score (nSPS) is 14.0. The van der Waals surface area contributed by atoms with E-state index in [-0.39, 0.29) is 10.5 Å². The molecule has 9 heteroatoms. The summed E-state index contributed by atoms with van der Waals surface area (Å²) in [5, 5.41) is 0. The molecule has 1 aliphatic heterocycles. The molecule has 8 nitrogen and oxygen atoms in total. The summed E-state index contributed by atoms with van der Waals surface area (Å²) in [5.41, 5.74) is 2.07. The molecule has 0 spiro atoms. The van der Waals surface area contributed by atoms with Crippen LogP contribution in [0.15, 0.2) is 96.0 Å². The first-order chi connectivity index (χ1) is 19.9. The first-order valence-corrected chi connectivity index (χ1v) is 15.4. The van der Waals surface area contributed by atoms with Crippen LogP contribution in [0.1, 0.15) is 47.8 Å². The van der Waals surface area contributed by atoms with Gasteiger partial charge in [-0.05, 0) is 73.6 Å². The van der Waals surface area contributed by atoms with Gasteiger partial charge in [0.2, 0.25) is 5.95 Å². The smallest absolute Gasteiger partial charge is 0.268 e. The molecular weight excluding hydrogens is 536 g/mol. The summed E-state index contributed by atoms with van der Waals surface area (Å²) < 4.78 is 33.9. The Kier molecular flexibility index (Phi) is 8.94. The van der Waals surface area contributed by atoms with Crippen molar-refractivity contribution in [2.75, 3.05) is 18.0 Å². The van der Waals surface area contributed by atoms with Crippen LogP contribution in [0.25, 0.3) is 0 Å². The number of ether oxygens (including phenoxy) is 1. The summed E-state index contributed by atoms with van der Waals surface area (Å²) in [7, 11) is -4.11. The fourth-order valence-corrected chi connectivity index (χ4v) is 5.97. The predicted octanol–water partition coefficient (Wildman–Crippen LogP) is 5.80. The number of aromatic nitrogens is 2. The van der Waals surface area contributed by atoms with Gasteiger partial charge in [-0.2, -0.15) is 0 Å². The second-order valence-electron chi connectivity index (χ2n) is 10.2. The van der Waals surface area contributed by atoms with Crippen molar-refractivity contribution in [2.45, 2.75) is 43.9 Å². The van der Waals surface area contributed by atoms with Crippen molar-refractivity contribution in [3.8, 4) is 11.5 Å². The standard InChI is InChI=1S/C32H34N4O4S/c1-2-9-30-29(23-33-32(34-30)36-20-18-25(19-21-36)22-24-10-5-3-6-11-24)31(37)35-41(38,39)28-16-14-27(15-17-28)40-26-12-7-4-8-13-26/h3-8,10-17,23,25H,2,9,18-22H2,1H3,(H,35,37). The number of piperidine rings is 1. The third-order valence-corrected chi connectivity index (χ3v) is 8.54. The molecule has 212 valence electrons. The Morgan fingerprint density at radius 2 is 1.56 bits per heavy atom. The molecule has 1 aliphatic rings. The monoisotopic (exact) mass is 570 g/mol. The van der Waals surface area contributed by atoms with Crippen LogP contribution >= 0.6 is 0 Å². The third-order valence-electron chi connectivity index (χ3n) is 7.19. The molecule has 2 heterocycles. The fourth-order valence-electron chi connectivity index (χ4n) is 5.01. The molecule has 41 heavy (non-hydrogen) atoms. The molecule has 4 aromatic rings. The Balaban J connectivity index is 1.23. The molecule has 3 aromatic carbocycles. The highest BCUT2D eigenvalue weighted by atomic mass is 32.2. The van der Waals surface area contributed by atoms with Crippen LogP contribution in [-0.4, -0.2) is 37.4 Å². The van der Waals surface area contributed by atoms with Crippen molar-refractivity contribution < 1.29 is 17.9 Å². The minimum absolute atomic E-state index is 0.0424. The number of hydrogen-bond donors (Lipinski definition) is 1. The SMILES string of the molecule is CCCc1nc(N2CCC(Cc3ccccc3)CC2)ncc1C(=O)NS(=O)(=O)c1ccc(Oc2ccccc2)cc1. The maximum absolute atomic E-state index is 13.1. The van der Waals surface area contributed by atoms with Crippen molar-refractivity contribution in [3.05, 3.63) is 108 Å². The van der Waals surface area contributed by atoms with Gasteiger partial charge in [0.05, 0.1) is 16.2 Å². The summed E-state index contributed by atoms with van der Waals surface area (Å²) in [5.74, 6) is 1.57. The number of carbonyl (C=O) groups is 1. The summed E-state index contributed by atoms with van der Waals surface area (Å²) in [6.07, 6.45) is 5.88. The maximum Gasteiger partial charge on any atom is 0.268 e. The summed E-state index contributed by atoms with van der Waals surface area (Å²) in [6.45, 7) is 3.67. The van der Waals surface area contributed by atoms with E-state index in [1.165, 1.54) is 23.9 Å². The lowest BCUT2D eigenvalue weighted by molar-refractivity contribution is 0.0979. The van der Waals surface area contributed by atoms with Gasteiger partial charge in [-0.25, -0.2) is 23.1 Å². The van der Waals surface area contributed by atoms with E-state index in [2.05, 4.69) is 38.9 Å². The van der Waals surface area contributed by atoms with E-state index >= 15 is 0 Å². The summed E-state index contributed by atoms with van der Waals surface area (Å²) in [4.78, 5) is 24.4. The maximum atomic E-state index is 13.1. The molecule has 1 N–H and O–H groups in total. The van der Waals surface area contributed by atoms with Gasteiger partial charge in [0.25, 0.3) is 15.9 Å². The molecule has 0 aliphatic carbocycles. The number of carbonyl (C=O) groups excluding carboxylic acids is 1. The molecule has 0 unspecified atom stereocenters. The number of nitrogens with zero attached hydrogens (tertiary/aromatic N) is 3. The van der Waals surface area contributed by atoms with Crippen molar-refractivity contribution in [1.82, 2.24) is 14.7 Å². The predicted molar refractivity (Wildman–Crippen MR) is 159 cm³/mol. The van der Waals surface area contributed by atoms with E-state index in [0.717, 1.165) is 38.8 Å². The zero-order chi connectivity index (χ0) is 28.7. The fraction of sp³-hybridized carbons (Fsp3) is 0.281. The number of nitrogens with one attached hydrogen (secondary N) is 1. The van der Waals surface area contributed by atoms with Crippen LogP contribution in [0.4, 0.5) is 5.95 Å². The lowest BCUT2D eigenvalue weighted by Crippen LogP contribution is -2.36. The average molecular weight is 571 g/mol. The zero-order valence-corrected chi connectivity index (χ0v) is 23.9. The van der Waals surface area contributed by atoms with Crippen LogP contribution < -0.4 is 14.4 Å². The molecule has 1 amide bonds. The van der Waals surface area contributed by atoms with E-state index in [9.17, 15) is 13.2 Å². The van der Waals surface area contributed by atoms with E-state index in [0.29, 0.717) is 35.5 Å². The van der Waals surface area contributed by atoms with Gasteiger partial charge in [0.1, 0.15) is 11.5 Å². The van der Waals surface area contributed by atoms with E-state index in [1.807, 2.05) is 31.2 Å². The van der Waals surface area contributed by atoms with Gasteiger partial charge < -0.3 is 9.64 Å². The van der Waals surface area contributed by atoms with Crippen molar-refractivity contribution in [1.29, 1.82) is 0 Å². The molecule has 0 atom stereocenters. The van der Waals surface area contributed by atoms with Crippen LogP contribution in [0.5, 0.6) is 11.5 Å². The number of rotatable bonds is 10. The van der Waals surface area contributed by atoms with Gasteiger partial charge in [0.15, 0.2) is 0 Å². The van der Waals surface area contributed by atoms with Crippen molar-refractivity contribution in [2.24, 2.45) is 5.92 Å². The van der Waals surface area contributed by atoms with Crippen molar-refractivity contribution >= 4 is 21.9 Å². The Labute approximate surface area is 241 Å². The minimum atomic E-state index is -4.11. The second kappa shape index (κ2) is 13.0. The summed E-state index contributed by atoms with van der Waals surface area (Å²) >= 11 is 0. The molecule has 0 bridgehead atoms. The van der Waals surface area contributed by atoms with Crippen LogP contribution in [0, 0.1) is 5.92 Å². The van der Waals surface area contributed by atoms with Gasteiger partial charge in [-0.15, -0.1) is 0 Å². The largest absolute Gasteiger partial charge is 0.457 e. The number of para-hydroxylation sites is 1. The highest BCUT2D eigenvalue weighted by Crippen LogP contribution is 2.26. The minimum Gasteiger partial charge on any atom is -0.457 e. The first-order valence-electron chi connectivity index (χ1n) is 14.0. The van der Waals surface area contributed by atoms with Gasteiger partial charge in [0, 0.05) is 19.3 Å². The zero-order valence-electron chi connectivity index (χ0n) is 23.1. The van der Waals surface area contributed by atoms with E-state index < -0.39 is 15.9 Å². The molecule has 1 fully saturated rings. The first kappa shape index (κ1) is 28.3. The number of sulfonamides is 1. The van der Waals surface area contributed by atoms with E-state index in [1.54, 1.807) is 24.3 Å². The molecule has 0 radical (unpaired) electrons. The van der Waals surface area contributed by atoms with Crippen LogP contribution in [0.2, 0.25) is 0 Å². The molecule has 1 saturated heterocycles. The Morgan fingerprint density at radius 1 is 0.927 bits per heavy atom.